The van der Waals surface area contributed by atoms with Crippen LogP contribution in [-0.4, -0.2) is 63.3 Å². The van der Waals surface area contributed by atoms with Gasteiger partial charge in [-0.1, -0.05) is 29.8 Å². The van der Waals surface area contributed by atoms with Crippen LogP contribution in [0.4, 0.5) is 5.69 Å². The molecule has 2 amide bonds. The van der Waals surface area contributed by atoms with Gasteiger partial charge in [0.05, 0.1) is 30.6 Å². The van der Waals surface area contributed by atoms with Gasteiger partial charge in [0.25, 0.3) is 11.8 Å². The Morgan fingerprint density at radius 2 is 1.42 bits per heavy atom. The molecule has 0 atom stereocenters. The van der Waals surface area contributed by atoms with Gasteiger partial charge in [-0.2, -0.15) is 0 Å². The zero-order valence-corrected chi connectivity index (χ0v) is 20.0. The number of carbonyl (C=O) groups excluding carboxylic acids is 2. The standard InChI is InChI=1S/C26H32N2O5/c1-18(2)33-22-12-10-21(11-13-22)28-25(29)23(20-8-6-19(3)7-9-20)24(26(28)30)27(14-16-31-4)15-17-32-5/h6-13,18H,14-17H2,1-5H3. The second kappa shape index (κ2) is 11.1. The van der Waals surface area contributed by atoms with E-state index >= 15 is 0 Å². The van der Waals surface area contributed by atoms with Crippen molar-refractivity contribution in [1.82, 2.24) is 4.90 Å². The van der Waals surface area contributed by atoms with Crippen molar-refractivity contribution < 1.29 is 23.8 Å². The minimum atomic E-state index is -0.361. The number of carbonyl (C=O) groups is 2. The molecule has 0 aromatic heterocycles. The Kier molecular flexibility index (Phi) is 8.25. The van der Waals surface area contributed by atoms with Gasteiger partial charge in [0.15, 0.2) is 0 Å². The van der Waals surface area contributed by atoms with Gasteiger partial charge in [0.2, 0.25) is 0 Å². The fourth-order valence-electron chi connectivity index (χ4n) is 3.71. The summed E-state index contributed by atoms with van der Waals surface area (Å²) in [5.41, 5.74) is 3.02. The molecular formula is C26H32N2O5. The molecule has 0 radical (unpaired) electrons. The molecule has 0 saturated carbocycles. The molecular weight excluding hydrogens is 420 g/mol. The third-order valence-corrected chi connectivity index (χ3v) is 5.31. The van der Waals surface area contributed by atoms with E-state index in [4.69, 9.17) is 14.2 Å². The van der Waals surface area contributed by atoms with Crippen LogP contribution in [0.25, 0.3) is 5.57 Å². The number of rotatable bonds is 11. The molecule has 0 fully saturated rings. The zero-order valence-electron chi connectivity index (χ0n) is 20.0. The molecule has 0 N–H and O–H groups in total. The van der Waals surface area contributed by atoms with Gasteiger partial charge in [0, 0.05) is 27.3 Å². The quantitative estimate of drug-likeness (QED) is 0.485. The first-order chi connectivity index (χ1) is 15.9. The Morgan fingerprint density at radius 1 is 0.848 bits per heavy atom. The minimum Gasteiger partial charge on any atom is -0.491 e. The summed E-state index contributed by atoms with van der Waals surface area (Å²) in [6.45, 7) is 7.61. The van der Waals surface area contributed by atoms with Crippen molar-refractivity contribution >= 4 is 23.1 Å². The lowest BCUT2D eigenvalue weighted by Crippen LogP contribution is -2.37. The lowest BCUT2D eigenvalue weighted by Gasteiger charge is -2.25. The molecule has 1 aliphatic rings. The average Bonchev–Trinajstić information content (AvgIpc) is 3.05. The van der Waals surface area contributed by atoms with Crippen molar-refractivity contribution in [3.05, 3.63) is 65.4 Å². The molecule has 0 spiro atoms. The SMILES string of the molecule is COCCN(CCOC)C1=C(c2ccc(C)cc2)C(=O)N(c2ccc(OC(C)C)cc2)C1=O. The number of nitrogens with zero attached hydrogens (tertiary/aromatic N) is 2. The summed E-state index contributed by atoms with van der Waals surface area (Å²) in [5.74, 6) is -0.0295. The topological polar surface area (TPSA) is 68.3 Å². The number of hydrogen-bond acceptors (Lipinski definition) is 6. The summed E-state index contributed by atoms with van der Waals surface area (Å²) in [4.78, 5) is 30.4. The predicted octanol–water partition coefficient (Wildman–Crippen LogP) is 3.66. The smallest absolute Gasteiger partial charge is 0.282 e. The van der Waals surface area contributed by atoms with E-state index in [-0.39, 0.29) is 17.9 Å². The molecule has 1 heterocycles. The maximum absolute atomic E-state index is 13.7. The zero-order chi connectivity index (χ0) is 24.0. The van der Waals surface area contributed by atoms with Crippen LogP contribution in [0.3, 0.4) is 0 Å². The number of amides is 2. The Bertz CT molecular complexity index is 988. The molecule has 7 heteroatoms. The Hall–Kier alpha value is -3.16. The summed E-state index contributed by atoms with van der Waals surface area (Å²) in [5, 5.41) is 0. The average molecular weight is 453 g/mol. The fraction of sp³-hybridized carbons (Fsp3) is 0.385. The molecule has 176 valence electrons. The highest BCUT2D eigenvalue weighted by molar-refractivity contribution is 6.45. The van der Waals surface area contributed by atoms with E-state index in [0.717, 1.165) is 5.56 Å². The largest absolute Gasteiger partial charge is 0.491 e. The van der Waals surface area contributed by atoms with E-state index in [1.165, 1.54) is 4.90 Å². The maximum atomic E-state index is 13.7. The van der Waals surface area contributed by atoms with E-state index in [1.54, 1.807) is 38.5 Å². The van der Waals surface area contributed by atoms with Crippen molar-refractivity contribution in [2.45, 2.75) is 26.9 Å². The number of ether oxygens (including phenoxy) is 3. The van der Waals surface area contributed by atoms with E-state index in [0.29, 0.717) is 54.6 Å². The predicted molar refractivity (Wildman–Crippen MR) is 128 cm³/mol. The van der Waals surface area contributed by atoms with Gasteiger partial charge in [-0.05, 0) is 50.6 Å². The van der Waals surface area contributed by atoms with Crippen molar-refractivity contribution in [3.63, 3.8) is 0 Å². The van der Waals surface area contributed by atoms with Gasteiger partial charge < -0.3 is 19.1 Å². The summed E-state index contributed by atoms with van der Waals surface area (Å²) >= 11 is 0. The van der Waals surface area contributed by atoms with E-state index in [9.17, 15) is 9.59 Å². The third-order valence-electron chi connectivity index (χ3n) is 5.31. The van der Waals surface area contributed by atoms with Crippen LogP contribution < -0.4 is 9.64 Å². The number of benzene rings is 2. The Labute approximate surface area is 195 Å². The van der Waals surface area contributed by atoms with Crippen LogP contribution in [0.1, 0.15) is 25.0 Å². The second-order valence-corrected chi connectivity index (χ2v) is 8.17. The third kappa shape index (κ3) is 5.61. The van der Waals surface area contributed by atoms with E-state index in [1.807, 2.05) is 49.9 Å². The lowest BCUT2D eigenvalue weighted by molar-refractivity contribution is -0.120. The van der Waals surface area contributed by atoms with Gasteiger partial charge in [0.1, 0.15) is 11.4 Å². The molecule has 0 aliphatic carbocycles. The van der Waals surface area contributed by atoms with Crippen molar-refractivity contribution in [3.8, 4) is 5.75 Å². The second-order valence-electron chi connectivity index (χ2n) is 8.17. The van der Waals surface area contributed by atoms with Crippen LogP contribution >= 0.6 is 0 Å². The van der Waals surface area contributed by atoms with Crippen LogP contribution in [-0.2, 0) is 19.1 Å². The summed E-state index contributed by atoms with van der Waals surface area (Å²) in [6, 6.07) is 14.6. The van der Waals surface area contributed by atoms with E-state index < -0.39 is 0 Å². The molecule has 0 saturated heterocycles. The monoisotopic (exact) mass is 452 g/mol. The highest BCUT2D eigenvalue weighted by atomic mass is 16.5. The van der Waals surface area contributed by atoms with Crippen molar-refractivity contribution in [2.75, 3.05) is 45.4 Å². The number of hydrogen-bond donors (Lipinski definition) is 0. The van der Waals surface area contributed by atoms with Crippen LogP contribution in [0, 0.1) is 6.92 Å². The summed E-state index contributed by atoms with van der Waals surface area (Å²) in [6.07, 6.45) is 0.0300. The number of aryl methyl sites for hydroxylation is 1. The molecule has 7 nitrogen and oxygen atoms in total. The van der Waals surface area contributed by atoms with Crippen LogP contribution in [0.2, 0.25) is 0 Å². The lowest BCUT2D eigenvalue weighted by atomic mass is 10.0. The molecule has 2 aromatic carbocycles. The van der Waals surface area contributed by atoms with E-state index in [2.05, 4.69) is 0 Å². The van der Waals surface area contributed by atoms with Gasteiger partial charge in [-0.3, -0.25) is 9.59 Å². The molecule has 33 heavy (non-hydrogen) atoms. The summed E-state index contributed by atoms with van der Waals surface area (Å²) < 4.78 is 16.2. The van der Waals surface area contributed by atoms with Gasteiger partial charge in [-0.15, -0.1) is 0 Å². The first-order valence-electron chi connectivity index (χ1n) is 11.1. The molecule has 0 bridgehead atoms. The van der Waals surface area contributed by atoms with Gasteiger partial charge in [-0.25, -0.2) is 4.90 Å². The summed E-state index contributed by atoms with van der Waals surface area (Å²) in [7, 11) is 3.22. The number of anilines is 1. The Balaban J connectivity index is 2.05. The molecule has 2 aromatic rings. The number of imide groups is 1. The molecule has 3 rings (SSSR count). The first kappa shape index (κ1) is 24.5. The van der Waals surface area contributed by atoms with Crippen LogP contribution in [0.5, 0.6) is 5.75 Å². The maximum Gasteiger partial charge on any atom is 0.282 e. The van der Waals surface area contributed by atoms with Crippen LogP contribution in [0.15, 0.2) is 54.2 Å². The highest BCUT2D eigenvalue weighted by Gasteiger charge is 2.42. The minimum absolute atomic E-state index is 0.0300. The van der Waals surface area contributed by atoms with Gasteiger partial charge >= 0.3 is 0 Å². The Morgan fingerprint density at radius 3 is 1.94 bits per heavy atom. The fourth-order valence-corrected chi connectivity index (χ4v) is 3.71. The normalized spacial score (nSPS) is 13.9. The number of methoxy groups -OCH3 is 2. The first-order valence-corrected chi connectivity index (χ1v) is 11.1. The van der Waals surface area contributed by atoms with Crippen molar-refractivity contribution in [2.24, 2.45) is 0 Å². The molecule has 1 aliphatic heterocycles. The highest BCUT2D eigenvalue weighted by Crippen LogP contribution is 2.35. The van der Waals surface area contributed by atoms with Crippen molar-refractivity contribution in [1.29, 1.82) is 0 Å². The molecule has 0 unspecified atom stereocenters.